The van der Waals surface area contributed by atoms with Gasteiger partial charge in [0.25, 0.3) is 0 Å². The summed E-state index contributed by atoms with van der Waals surface area (Å²) >= 11 is 0. The summed E-state index contributed by atoms with van der Waals surface area (Å²) in [5, 5.41) is 11.2. The van der Waals surface area contributed by atoms with Crippen LogP contribution in [0.1, 0.15) is 12.5 Å². The molecule has 1 aromatic carbocycles. The highest BCUT2D eigenvalue weighted by molar-refractivity contribution is 6.19. The van der Waals surface area contributed by atoms with E-state index in [1.807, 2.05) is 0 Å². The molecular weight excluding hydrogens is 222 g/mol. The van der Waals surface area contributed by atoms with Gasteiger partial charge in [0, 0.05) is 5.69 Å². The molecule has 0 aromatic heterocycles. The fraction of sp³-hybridized carbons (Fsp3) is 0.250. The number of carboxylic acids is 1. The second-order valence-corrected chi connectivity index (χ2v) is 3.69. The zero-order chi connectivity index (χ0) is 13.0. The van der Waals surface area contributed by atoms with Crippen LogP contribution in [0.5, 0.6) is 0 Å². The molecular formula is C12H13NO4. The number of carbonyl (C=O) groups is 3. The number of hydrogen-bond acceptors (Lipinski definition) is 3. The number of benzene rings is 1. The van der Waals surface area contributed by atoms with Crippen molar-refractivity contribution in [3.8, 4) is 0 Å². The Morgan fingerprint density at radius 3 is 2.29 bits per heavy atom. The number of para-hydroxylation sites is 1. The van der Waals surface area contributed by atoms with Gasteiger partial charge in [-0.1, -0.05) is 18.2 Å². The maximum atomic E-state index is 11.6. The zero-order valence-corrected chi connectivity index (χ0v) is 9.56. The van der Waals surface area contributed by atoms with E-state index in [0.717, 1.165) is 12.5 Å². The molecule has 0 aliphatic rings. The van der Waals surface area contributed by atoms with Crippen molar-refractivity contribution in [3.63, 3.8) is 0 Å². The zero-order valence-electron chi connectivity index (χ0n) is 9.56. The molecule has 1 atom stereocenters. The van der Waals surface area contributed by atoms with E-state index in [1.165, 1.54) is 0 Å². The highest BCUT2D eigenvalue weighted by Gasteiger charge is 2.31. The van der Waals surface area contributed by atoms with Crippen molar-refractivity contribution < 1.29 is 19.5 Å². The SMILES string of the molecule is CC(=O)C(C(=O)O)C(=O)Nc1ccccc1C. The molecule has 90 valence electrons. The Hall–Kier alpha value is -2.17. The minimum Gasteiger partial charge on any atom is -0.480 e. The smallest absolute Gasteiger partial charge is 0.323 e. The molecule has 0 aliphatic carbocycles. The van der Waals surface area contributed by atoms with E-state index in [9.17, 15) is 14.4 Å². The monoisotopic (exact) mass is 235 g/mol. The van der Waals surface area contributed by atoms with Crippen LogP contribution in [0, 0.1) is 12.8 Å². The van der Waals surface area contributed by atoms with E-state index < -0.39 is 23.6 Å². The maximum absolute atomic E-state index is 11.6. The van der Waals surface area contributed by atoms with E-state index in [1.54, 1.807) is 31.2 Å². The number of rotatable bonds is 4. The lowest BCUT2D eigenvalue weighted by atomic mass is 10.0. The van der Waals surface area contributed by atoms with Crippen molar-refractivity contribution in [1.29, 1.82) is 0 Å². The van der Waals surface area contributed by atoms with Crippen LogP contribution >= 0.6 is 0 Å². The Bertz CT molecular complexity index is 453. The molecule has 5 nitrogen and oxygen atoms in total. The van der Waals surface area contributed by atoms with Crippen molar-refractivity contribution in [2.75, 3.05) is 5.32 Å². The van der Waals surface area contributed by atoms with Crippen molar-refractivity contribution in [1.82, 2.24) is 0 Å². The third-order valence-electron chi connectivity index (χ3n) is 2.32. The summed E-state index contributed by atoms with van der Waals surface area (Å²) in [7, 11) is 0. The second kappa shape index (κ2) is 5.25. The number of carboxylic acid groups (broad SMARTS) is 1. The molecule has 0 saturated heterocycles. The van der Waals surface area contributed by atoms with Crippen LogP contribution in [0.15, 0.2) is 24.3 Å². The first-order valence-electron chi connectivity index (χ1n) is 5.03. The topological polar surface area (TPSA) is 83.5 Å². The average molecular weight is 235 g/mol. The van der Waals surface area contributed by atoms with E-state index in [2.05, 4.69) is 5.32 Å². The fourth-order valence-corrected chi connectivity index (χ4v) is 1.39. The number of anilines is 1. The van der Waals surface area contributed by atoms with Gasteiger partial charge in [-0.15, -0.1) is 0 Å². The lowest BCUT2D eigenvalue weighted by Crippen LogP contribution is -2.34. The number of nitrogens with one attached hydrogen (secondary N) is 1. The van der Waals surface area contributed by atoms with Gasteiger partial charge in [0.2, 0.25) is 5.91 Å². The number of carbonyl (C=O) groups excluding carboxylic acids is 2. The normalized spacial score (nSPS) is 11.6. The minimum absolute atomic E-state index is 0.505. The summed E-state index contributed by atoms with van der Waals surface area (Å²) in [6.07, 6.45) is 0. The molecule has 0 radical (unpaired) electrons. The van der Waals surface area contributed by atoms with E-state index in [4.69, 9.17) is 5.11 Å². The number of ketones is 1. The third-order valence-corrected chi connectivity index (χ3v) is 2.32. The van der Waals surface area contributed by atoms with Crippen LogP contribution in [-0.2, 0) is 14.4 Å². The predicted octanol–water partition coefficient (Wildman–Crippen LogP) is 1.22. The summed E-state index contributed by atoms with van der Waals surface area (Å²) in [5.41, 5.74) is 1.30. The molecule has 5 heteroatoms. The Morgan fingerprint density at radius 2 is 1.82 bits per heavy atom. The molecule has 0 fully saturated rings. The van der Waals surface area contributed by atoms with Crippen molar-refractivity contribution in [3.05, 3.63) is 29.8 Å². The van der Waals surface area contributed by atoms with Gasteiger partial charge >= 0.3 is 5.97 Å². The second-order valence-electron chi connectivity index (χ2n) is 3.69. The number of aliphatic carboxylic acids is 1. The van der Waals surface area contributed by atoms with Crippen LogP contribution < -0.4 is 5.32 Å². The van der Waals surface area contributed by atoms with E-state index in [0.29, 0.717) is 5.69 Å². The average Bonchev–Trinajstić information content (AvgIpc) is 2.20. The number of amides is 1. The van der Waals surface area contributed by atoms with Crippen LogP contribution in [0.25, 0.3) is 0 Å². The standard InChI is InChI=1S/C12H13NO4/c1-7-5-3-4-6-9(7)13-11(15)10(8(2)14)12(16)17/h3-6,10H,1-2H3,(H,13,15)(H,16,17). The Balaban J connectivity index is 2.89. The van der Waals surface area contributed by atoms with Gasteiger partial charge in [0.1, 0.15) is 0 Å². The first-order valence-corrected chi connectivity index (χ1v) is 5.03. The van der Waals surface area contributed by atoms with Crippen LogP contribution in [0.4, 0.5) is 5.69 Å². The molecule has 17 heavy (non-hydrogen) atoms. The highest BCUT2D eigenvalue weighted by atomic mass is 16.4. The quantitative estimate of drug-likeness (QED) is 0.768. The third kappa shape index (κ3) is 3.14. The largest absolute Gasteiger partial charge is 0.480 e. The van der Waals surface area contributed by atoms with Crippen molar-refractivity contribution in [2.45, 2.75) is 13.8 Å². The lowest BCUT2D eigenvalue weighted by molar-refractivity contribution is -0.149. The van der Waals surface area contributed by atoms with Gasteiger partial charge in [-0.25, -0.2) is 0 Å². The molecule has 1 amide bonds. The van der Waals surface area contributed by atoms with Gasteiger partial charge in [0.15, 0.2) is 11.7 Å². The highest BCUT2D eigenvalue weighted by Crippen LogP contribution is 2.14. The molecule has 1 unspecified atom stereocenters. The van der Waals surface area contributed by atoms with Gasteiger partial charge in [-0.2, -0.15) is 0 Å². The molecule has 0 aliphatic heterocycles. The molecule has 0 saturated carbocycles. The van der Waals surface area contributed by atoms with Gasteiger partial charge in [-0.05, 0) is 25.5 Å². The van der Waals surface area contributed by atoms with Crippen LogP contribution in [0.2, 0.25) is 0 Å². The van der Waals surface area contributed by atoms with Crippen molar-refractivity contribution >= 4 is 23.3 Å². The fourth-order valence-electron chi connectivity index (χ4n) is 1.39. The number of aryl methyl sites for hydroxylation is 1. The van der Waals surface area contributed by atoms with Crippen LogP contribution in [-0.4, -0.2) is 22.8 Å². The molecule has 1 aromatic rings. The molecule has 2 N–H and O–H groups in total. The van der Waals surface area contributed by atoms with Crippen LogP contribution in [0.3, 0.4) is 0 Å². The molecule has 0 bridgehead atoms. The first kappa shape index (κ1) is 12.9. The Labute approximate surface area is 98.4 Å². The summed E-state index contributed by atoms with van der Waals surface area (Å²) in [4.78, 5) is 33.5. The first-order chi connectivity index (χ1) is 7.93. The van der Waals surface area contributed by atoms with E-state index >= 15 is 0 Å². The summed E-state index contributed by atoms with van der Waals surface area (Å²) < 4.78 is 0. The molecule has 0 heterocycles. The Morgan fingerprint density at radius 1 is 1.24 bits per heavy atom. The molecule has 0 spiro atoms. The van der Waals surface area contributed by atoms with Gasteiger partial charge < -0.3 is 10.4 Å². The lowest BCUT2D eigenvalue weighted by Gasteiger charge is -2.11. The summed E-state index contributed by atoms with van der Waals surface area (Å²) in [6, 6.07) is 6.93. The Kier molecular flexibility index (Phi) is 3.98. The van der Waals surface area contributed by atoms with Gasteiger partial charge in [-0.3, -0.25) is 14.4 Å². The van der Waals surface area contributed by atoms with E-state index in [-0.39, 0.29) is 0 Å². The molecule has 1 rings (SSSR count). The predicted molar refractivity (Wildman–Crippen MR) is 61.6 cm³/mol. The minimum atomic E-state index is -1.66. The number of Topliss-reactive ketones (excluding diaryl/α,β-unsaturated/α-hetero) is 1. The van der Waals surface area contributed by atoms with Gasteiger partial charge in [0.05, 0.1) is 0 Å². The van der Waals surface area contributed by atoms with Crippen molar-refractivity contribution in [2.24, 2.45) is 5.92 Å². The maximum Gasteiger partial charge on any atom is 0.323 e. The summed E-state index contributed by atoms with van der Waals surface area (Å²) in [6.45, 7) is 2.86. The summed E-state index contributed by atoms with van der Waals surface area (Å²) in [5.74, 6) is -4.61. The number of hydrogen-bond donors (Lipinski definition) is 2.